The Kier molecular flexibility index (Phi) is 5.53. The van der Waals surface area contributed by atoms with Gasteiger partial charge in [0.25, 0.3) is 6.79 Å². The second kappa shape index (κ2) is 5.88. The predicted molar refractivity (Wildman–Crippen MR) is 38.5 cm³/mol. The van der Waals surface area contributed by atoms with E-state index >= 15 is 0 Å². The molecule has 0 bridgehead atoms. The Morgan fingerprint density at radius 3 is 2.58 bits per heavy atom. The largest absolute Gasteiger partial charge is 0.698 e. The van der Waals surface area contributed by atoms with Crippen molar-refractivity contribution >= 4 is 14.4 Å². The molecular weight excluding hydrogens is 187 g/mol. The molecule has 0 aliphatic carbocycles. The maximum absolute atomic E-state index is 10.5. The third kappa shape index (κ3) is 7.40. The molecule has 1 unspecified atom stereocenters. The van der Waals surface area contributed by atoms with Gasteiger partial charge < -0.3 is 9.47 Å². The summed E-state index contributed by atoms with van der Waals surface area (Å²) in [7, 11) is -2.73. The fourth-order valence-corrected chi connectivity index (χ4v) is 0.489. The third-order valence-corrected chi connectivity index (χ3v) is 0.998. The van der Waals surface area contributed by atoms with Crippen LogP contribution < -0.4 is 0 Å². The lowest BCUT2D eigenvalue weighted by atomic mass is 10.5. The number of hydrogen-bond donors (Lipinski definition) is 1. The SMILES string of the molecule is CC(C)OC(=O)OCO[P+](=O)O. The monoisotopic (exact) mass is 197 g/mol. The summed E-state index contributed by atoms with van der Waals surface area (Å²) in [6.45, 7) is 2.71. The molecule has 0 saturated heterocycles. The number of rotatable bonds is 4. The van der Waals surface area contributed by atoms with Gasteiger partial charge >= 0.3 is 14.4 Å². The van der Waals surface area contributed by atoms with Gasteiger partial charge in [-0.05, 0) is 13.8 Å². The first-order chi connectivity index (χ1) is 5.52. The quantitative estimate of drug-likeness (QED) is 0.413. The summed E-state index contributed by atoms with van der Waals surface area (Å²) in [6.07, 6.45) is -1.22. The zero-order chi connectivity index (χ0) is 9.56. The van der Waals surface area contributed by atoms with Crippen LogP contribution >= 0.6 is 8.25 Å². The molecule has 0 heterocycles. The van der Waals surface area contributed by atoms with Crippen molar-refractivity contribution in [2.75, 3.05) is 6.79 Å². The van der Waals surface area contributed by atoms with Gasteiger partial charge in [-0.25, -0.2) is 4.79 Å². The van der Waals surface area contributed by atoms with E-state index in [4.69, 9.17) is 4.89 Å². The molecule has 6 nitrogen and oxygen atoms in total. The first-order valence-electron chi connectivity index (χ1n) is 3.15. The van der Waals surface area contributed by atoms with Gasteiger partial charge in [-0.1, -0.05) is 4.52 Å². The lowest BCUT2D eigenvalue weighted by Crippen LogP contribution is -2.13. The van der Waals surface area contributed by atoms with Gasteiger partial charge in [0.15, 0.2) is 0 Å². The van der Waals surface area contributed by atoms with Crippen LogP contribution in [0, 0.1) is 0 Å². The Labute approximate surface area is 70.4 Å². The van der Waals surface area contributed by atoms with Crippen molar-refractivity contribution in [2.45, 2.75) is 20.0 Å². The molecular formula is C5H10O6P+. The second-order valence-electron chi connectivity index (χ2n) is 2.05. The Hall–Kier alpha value is -0.710. The molecule has 0 fully saturated rings. The van der Waals surface area contributed by atoms with Crippen LogP contribution in [0.1, 0.15) is 13.8 Å². The highest BCUT2D eigenvalue weighted by Gasteiger charge is 2.14. The summed E-state index contributed by atoms with van der Waals surface area (Å²) in [6, 6.07) is 0. The summed E-state index contributed by atoms with van der Waals surface area (Å²) in [4.78, 5) is 18.6. The lowest BCUT2D eigenvalue weighted by Gasteiger charge is -2.05. The normalized spacial score (nSPS) is 11.2. The smallest absolute Gasteiger partial charge is 0.432 e. The van der Waals surface area contributed by atoms with E-state index in [9.17, 15) is 9.36 Å². The molecule has 1 atom stereocenters. The zero-order valence-electron chi connectivity index (χ0n) is 6.72. The molecule has 7 heteroatoms. The molecule has 0 aromatic rings. The second-order valence-corrected chi connectivity index (χ2v) is 2.78. The van der Waals surface area contributed by atoms with Crippen molar-refractivity contribution in [3.8, 4) is 0 Å². The van der Waals surface area contributed by atoms with Crippen LogP contribution in [-0.2, 0) is 18.6 Å². The third-order valence-electron chi connectivity index (χ3n) is 0.672. The van der Waals surface area contributed by atoms with Crippen LogP contribution in [0.5, 0.6) is 0 Å². The Morgan fingerprint density at radius 2 is 2.17 bits per heavy atom. The van der Waals surface area contributed by atoms with Gasteiger partial charge in [-0.3, -0.25) is 0 Å². The highest BCUT2D eigenvalue weighted by atomic mass is 31.1. The zero-order valence-corrected chi connectivity index (χ0v) is 7.61. The summed E-state index contributed by atoms with van der Waals surface area (Å²) in [5, 5.41) is 0. The van der Waals surface area contributed by atoms with Gasteiger partial charge in [0.1, 0.15) is 0 Å². The number of carbonyl (C=O) groups excluding carboxylic acids is 1. The van der Waals surface area contributed by atoms with Gasteiger partial charge in [-0.15, -0.1) is 4.89 Å². The van der Waals surface area contributed by atoms with Crippen molar-refractivity contribution in [2.24, 2.45) is 0 Å². The molecule has 12 heavy (non-hydrogen) atoms. The number of carbonyl (C=O) groups is 1. The van der Waals surface area contributed by atoms with Crippen LogP contribution in [0.3, 0.4) is 0 Å². The molecule has 0 rings (SSSR count). The minimum absolute atomic E-state index is 0.291. The van der Waals surface area contributed by atoms with Crippen LogP contribution in [0.2, 0.25) is 0 Å². The van der Waals surface area contributed by atoms with Gasteiger partial charge in [-0.2, -0.15) is 0 Å². The van der Waals surface area contributed by atoms with Gasteiger partial charge in [0, 0.05) is 4.57 Å². The minimum atomic E-state index is -2.73. The summed E-state index contributed by atoms with van der Waals surface area (Å²) in [5.41, 5.74) is 0. The van der Waals surface area contributed by atoms with Crippen LogP contribution in [0.15, 0.2) is 0 Å². The van der Waals surface area contributed by atoms with Crippen LogP contribution in [0.25, 0.3) is 0 Å². The van der Waals surface area contributed by atoms with Crippen LogP contribution in [0.4, 0.5) is 4.79 Å². The first-order valence-corrected chi connectivity index (χ1v) is 4.28. The molecule has 1 N–H and O–H groups in total. The van der Waals surface area contributed by atoms with E-state index in [1.165, 1.54) is 0 Å². The fraction of sp³-hybridized carbons (Fsp3) is 0.800. The molecule has 0 aliphatic heterocycles. The van der Waals surface area contributed by atoms with Crippen molar-refractivity contribution in [1.29, 1.82) is 0 Å². The molecule has 0 aliphatic rings. The fourth-order valence-electron chi connectivity index (χ4n) is 0.346. The Bertz CT molecular complexity index is 167. The maximum atomic E-state index is 10.5. The molecule has 0 amide bonds. The van der Waals surface area contributed by atoms with Crippen molar-refractivity contribution < 1.29 is 28.3 Å². The van der Waals surface area contributed by atoms with Gasteiger partial charge in [0.2, 0.25) is 0 Å². The number of hydrogen-bond acceptors (Lipinski definition) is 5. The molecule has 0 spiro atoms. The number of ether oxygens (including phenoxy) is 2. The standard InChI is InChI=1S/C5H9O6P/c1-4(2)11-5(6)9-3-10-12(7)8/h4H,3H2,1-2H3/p+1. The van der Waals surface area contributed by atoms with E-state index in [1.54, 1.807) is 13.8 Å². The van der Waals surface area contributed by atoms with Crippen molar-refractivity contribution in [3.05, 3.63) is 0 Å². The van der Waals surface area contributed by atoms with E-state index in [-0.39, 0.29) is 6.10 Å². The topological polar surface area (TPSA) is 82.1 Å². The molecule has 0 aromatic heterocycles. The van der Waals surface area contributed by atoms with Crippen molar-refractivity contribution in [3.63, 3.8) is 0 Å². The lowest BCUT2D eigenvalue weighted by molar-refractivity contribution is -0.00852. The predicted octanol–water partition coefficient (Wildman–Crippen LogP) is 1.17. The average molecular weight is 197 g/mol. The van der Waals surface area contributed by atoms with Crippen LogP contribution in [-0.4, -0.2) is 23.9 Å². The molecule has 0 aromatic carbocycles. The Balaban J connectivity index is 3.38. The van der Waals surface area contributed by atoms with E-state index in [2.05, 4.69) is 14.0 Å². The maximum Gasteiger partial charge on any atom is 0.698 e. The minimum Gasteiger partial charge on any atom is -0.432 e. The van der Waals surface area contributed by atoms with Crippen molar-refractivity contribution in [1.82, 2.24) is 0 Å². The van der Waals surface area contributed by atoms with E-state index in [0.717, 1.165) is 0 Å². The summed E-state index contributed by atoms with van der Waals surface area (Å²) in [5.74, 6) is 0. The highest BCUT2D eigenvalue weighted by molar-refractivity contribution is 7.32. The van der Waals surface area contributed by atoms with E-state index < -0.39 is 21.2 Å². The highest BCUT2D eigenvalue weighted by Crippen LogP contribution is 2.13. The average Bonchev–Trinajstić information content (AvgIpc) is 1.84. The van der Waals surface area contributed by atoms with E-state index in [0.29, 0.717) is 0 Å². The summed E-state index contributed by atoms with van der Waals surface area (Å²) >= 11 is 0. The first kappa shape index (κ1) is 11.3. The summed E-state index contributed by atoms with van der Waals surface area (Å²) < 4.78 is 22.7. The molecule has 70 valence electrons. The van der Waals surface area contributed by atoms with E-state index in [1.807, 2.05) is 0 Å². The Morgan fingerprint density at radius 1 is 1.58 bits per heavy atom. The molecule has 0 radical (unpaired) electrons. The molecule has 0 saturated carbocycles. The van der Waals surface area contributed by atoms with Gasteiger partial charge in [0.05, 0.1) is 6.10 Å².